The van der Waals surface area contributed by atoms with E-state index in [2.05, 4.69) is 20.4 Å². The summed E-state index contributed by atoms with van der Waals surface area (Å²) in [6, 6.07) is 9.48. The first-order valence-electron chi connectivity index (χ1n) is 6.78. The Morgan fingerprint density at radius 2 is 1.95 bits per heavy atom. The summed E-state index contributed by atoms with van der Waals surface area (Å²) in [4.78, 5) is 20.5. The molecule has 0 atom stereocenters. The topological polar surface area (TPSA) is 72.2 Å². The van der Waals surface area contributed by atoms with Crippen molar-refractivity contribution in [3.05, 3.63) is 52.3 Å². The van der Waals surface area contributed by atoms with Crippen molar-refractivity contribution in [1.82, 2.24) is 19.6 Å². The zero-order chi connectivity index (χ0) is 15.7. The number of hydrogen-bond acceptors (Lipinski definition) is 4. The van der Waals surface area contributed by atoms with Gasteiger partial charge in [0.15, 0.2) is 0 Å². The molecule has 2 heterocycles. The molecule has 0 unspecified atom stereocenters. The van der Waals surface area contributed by atoms with Crippen LogP contribution in [-0.2, 0) is 11.2 Å². The minimum atomic E-state index is -0.178. The molecule has 1 amide bonds. The number of halogens is 1. The summed E-state index contributed by atoms with van der Waals surface area (Å²) >= 11 is 6.14. The van der Waals surface area contributed by atoms with Gasteiger partial charge in [0.25, 0.3) is 11.7 Å². The molecule has 6 nitrogen and oxygen atoms in total. The Bertz CT molecular complexity index is 844. The van der Waals surface area contributed by atoms with Crippen molar-refractivity contribution >= 4 is 29.2 Å². The lowest BCUT2D eigenvalue weighted by Crippen LogP contribution is -2.15. The van der Waals surface area contributed by atoms with Crippen LogP contribution in [0.15, 0.2) is 30.3 Å². The largest absolute Gasteiger partial charge is 0.293 e. The minimum Gasteiger partial charge on any atom is -0.293 e. The smallest absolute Gasteiger partial charge is 0.254 e. The number of rotatable bonds is 3. The zero-order valence-corrected chi connectivity index (χ0v) is 12.9. The van der Waals surface area contributed by atoms with Crippen molar-refractivity contribution in [3.63, 3.8) is 0 Å². The van der Waals surface area contributed by atoms with Gasteiger partial charge in [-0.1, -0.05) is 41.9 Å². The molecule has 3 rings (SSSR count). The normalized spacial score (nSPS) is 10.9. The number of aromatic nitrogens is 4. The van der Waals surface area contributed by atoms with E-state index in [4.69, 9.17) is 11.6 Å². The Hall–Kier alpha value is -2.47. The highest BCUT2D eigenvalue weighted by Gasteiger charge is 2.13. The number of hydrogen-bond donors (Lipinski definition) is 1. The van der Waals surface area contributed by atoms with Crippen molar-refractivity contribution in [3.8, 4) is 0 Å². The number of nitrogens with zero attached hydrogens (tertiary/aromatic N) is 4. The van der Waals surface area contributed by atoms with E-state index < -0.39 is 0 Å². The third kappa shape index (κ3) is 2.78. The van der Waals surface area contributed by atoms with Crippen molar-refractivity contribution in [2.75, 3.05) is 5.32 Å². The molecule has 0 bridgehead atoms. The SMILES string of the molecule is Cc1nc2nc(NC(=O)Cc3ccccc3)nn2c(C)c1Cl. The highest BCUT2D eigenvalue weighted by atomic mass is 35.5. The number of benzene rings is 1. The Balaban J connectivity index is 1.82. The summed E-state index contributed by atoms with van der Waals surface area (Å²) in [5, 5.41) is 7.44. The maximum atomic E-state index is 12.0. The van der Waals surface area contributed by atoms with E-state index in [0.717, 1.165) is 11.3 Å². The van der Waals surface area contributed by atoms with Crippen molar-refractivity contribution in [1.29, 1.82) is 0 Å². The summed E-state index contributed by atoms with van der Waals surface area (Å²) in [6.07, 6.45) is 0.266. The van der Waals surface area contributed by atoms with E-state index in [1.807, 2.05) is 37.3 Å². The van der Waals surface area contributed by atoms with E-state index in [0.29, 0.717) is 16.5 Å². The van der Waals surface area contributed by atoms with E-state index >= 15 is 0 Å². The summed E-state index contributed by atoms with van der Waals surface area (Å²) in [5.41, 5.74) is 2.35. The molecule has 1 aromatic carbocycles. The number of carbonyl (C=O) groups excluding carboxylic acids is 1. The van der Waals surface area contributed by atoms with Crippen LogP contribution in [-0.4, -0.2) is 25.5 Å². The van der Waals surface area contributed by atoms with E-state index in [9.17, 15) is 4.79 Å². The molecule has 2 aromatic heterocycles. The van der Waals surface area contributed by atoms with Crippen LogP contribution in [0.3, 0.4) is 0 Å². The fourth-order valence-corrected chi connectivity index (χ4v) is 2.28. The van der Waals surface area contributed by atoms with E-state index in [1.54, 1.807) is 6.92 Å². The number of fused-ring (bicyclic) bond motifs is 1. The van der Waals surface area contributed by atoms with Gasteiger partial charge in [-0.05, 0) is 19.4 Å². The van der Waals surface area contributed by atoms with Crippen LogP contribution in [0.5, 0.6) is 0 Å². The second-order valence-electron chi connectivity index (χ2n) is 4.95. The lowest BCUT2D eigenvalue weighted by atomic mass is 10.1. The average molecular weight is 316 g/mol. The van der Waals surface area contributed by atoms with Crippen molar-refractivity contribution in [2.24, 2.45) is 0 Å². The number of nitrogens with one attached hydrogen (secondary N) is 1. The second kappa shape index (κ2) is 5.73. The predicted octanol–water partition coefficient (Wildman–Crippen LogP) is 2.58. The molecule has 0 saturated carbocycles. The molecule has 0 aliphatic rings. The van der Waals surface area contributed by atoms with Gasteiger partial charge in [-0.2, -0.15) is 9.50 Å². The van der Waals surface area contributed by atoms with Gasteiger partial charge in [0.2, 0.25) is 5.91 Å². The molecule has 3 aromatic rings. The average Bonchev–Trinajstić information content (AvgIpc) is 2.88. The van der Waals surface area contributed by atoms with Gasteiger partial charge in [0.1, 0.15) is 0 Å². The van der Waals surface area contributed by atoms with Gasteiger partial charge in [-0.3, -0.25) is 10.1 Å². The minimum absolute atomic E-state index is 0.178. The third-order valence-electron chi connectivity index (χ3n) is 3.27. The van der Waals surface area contributed by atoms with Crippen molar-refractivity contribution in [2.45, 2.75) is 20.3 Å². The Labute approximate surface area is 132 Å². The van der Waals surface area contributed by atoms with Gasteiger partial charge in [-0.25, -0.2) is 4.98 Å². The first kappa shape index (κ1) is 14.5. The molecule has 0 aliphatic carbocycles. The maximum Gasteiger partial charge on any atom is 0.254 e. The lowest BCUT2D eigenvalue weighted by Gasteiger charge is -2.02. The number of carbonyl (C=O) groups is 1. The van der Waals surface area contributed by atoms with Gasteiger partial charge < -0.3 is 0 Å². The van der Waals surface area contributed by atoms with Crippen LogP contribution in [0, 0.1) is 13.8 Å². The molecule has 22 heavy (non-hydrogen) atoms. The fraction of sp³-hybridized carbons (Fsp3) is 0.200. The van der Waals surface area contributed by atoms with Crippen LogP contribution >= 0.6 is 11.6 Å². The van der Waals surface area contributed by atoms with Crippen LogP contribution in [0.25, 0.3) is 5.78 Å². The molecular weight excluding hydrogens is 302 g/mol. The summed E-state index contributed by atoms with van der Waals surface area (Å²) in [6.45, 7) is 3.63. The Morgan fingerprint density at radius 3 is 2.68 bits per heavy atom. The quantitative estimate of drug-likeness (QED) is 0.806. The molecule has 0 aliphatic heterocycles. The molecule has 1 N–H and O–H groups in total. The van der Waals surface area contributed by atoms with Gasteiger partial charge >= 0.3 is 0 Å². The third-order valence-corrected chi connectivity index (χ3v) is 3.82. The van der Waals surface area contributed by atoms with Crippen molar-refractivity contribution < 1.29 is 4.79 Å². The highest BCUT2D eigenvalue weighted by molar-refractivity contribution is 6.31. The highest BCUT2D eigenvalue weighted by Crippen LogP contribution is 2.19. The molecule has 0 spiro atoms. The summed E-state index contributed by atoms with van der Waals surface area (Å²) < 4.78 is 1.52. The molecule has 112 valence electrons. The first-order valence-corrected chi connectivity index (χ1v) is 7.15. The molecule has 7 heteroatoms. The van der Waals surface area contributed by atoms with Gasteiger partial charge in [0, 0.05) is 0 Å². The Kier molecular flexibility index (Phi) is 3.77. The number of amides is 1. The van der Waals surface area contributed by atoms with E-state index in [-0.39, 0.29) is 18.3 Å². The summed E-state index contributed by atoms with van der Waals surface area (Å²) in [5.74, 6) is 0.454. The van der Waals surface area contributed by atoms with Gasteiger partial charge in [0.05, 0.1) is 22.8 Å². The summed E-state index contributed by atoms with van der Waals surface area (Å²) in [7, 11) is 0. The molecule has 0 saturated heterocycles. The zero-order valence-electron chi connectivity index (χ0n) is 12.2. The molecule has 0 fully saturated rings. The Morgan fingerprint density at radius 1 is 1.23 bits per heavy atom. The standard InChI is InChI=1S/C15H14ClN5O/c1-9-13(16)10(2)21-15(17-9)19-14(20-21)18-12(22)8-11-6-4-3-5-7-11/h3-7H,8H2,1-2H3,(H,18,20,22). The fourth-order valence-electron chi connectivity index (χ4n) is 2.16. The number of aryl methyl sites for hydroxylation is 2. The second-order valence-corrected chi connectivity index (χ2v) is 5.33. The van der Waals surface area contributed by atoms with E-state index in [1.165, 1.54) is 4.52 Å². The predicted molar refractivity (Wildman–Crippen MR) is 84.0 cm³/mol. The molecule has 0 radical (unpaired) electrons. The van der Waals surface area contributed by atoms with Crippen LogP contribution in [0.2, 0.25) is 5.02 Å². The van der Waals surface area contributed by atoms with Crippen LogP contribution in [0.1, 0.15) is 17.0 Å². The monoisotopic (exact) mass is 315 g/mol. The van der Waals surface area contributed by atoms with Gasteiger partial charge in [-0.15, -0.1) is 5.10 Å². The van der Waals surface area contributed by atoms with Crippen LogP contribution in [0.4, 0.5) is 5.95 Å². The first-order chi connectivity index (χ1) is 10.5. The lowest BCUT2D eigenvalue weighted by molar-refractivity contribution is -0.115. The maximum absolute atomic E-state index is 12.0. The number of anilines is 1. The molecular formula is C15H14ClN5O. The van der Waals surface area contributed by atoms with Crippen LogP contribution < -0.4 is 5.32 Å².